The SMILES string of the molecule is c1c[nH]c(Sc2ncc(CNC3CC3)cn2)n1. The Hall–Kier alpha value is -1.40. The average Bonchev–Trinajstić information content (AvgIpc) is 3.05. The Kier molecular flexibility index (Phi) is 3.06. The average molecular weight is 247 g/mol. The number of nitrogens with zero attached hydrogens (tertiary/aromatic N) is 3. The number of imidazole rings is 1. The number of nitrogens with one attached hydrogen (secondary N) is 2. The summed E-state index contributed by atoms with van der Waals surface area (Å²) < 4.78 is 0. The maximum Gasteiger partial charge on any atom is 0.195 e. The highest BCUT2D eigenvalue weighted by Crippen LogP contribution is 2.21. The minimum absolute atomic E-state index is 0.715. The summed E-state index contributed by atoms with van der Waals surface area (Å²) in [5.74, 6) is 0. The summed E-state index contributed by atoms with van der Waals surface area (Å²) in [6, 6.07) is 0.715. The largest absolute Gasteiger partial charge is 0.339 e. The van der Waals surface area contributed by atoms with E-state index >= 15 is 0 Å². The Balaban J connectivity index is 1.58. The number of aromatic amines is 1. The van der Waals surface area contributed by atoms with E-state index < -0.39 is 0 Å². The lowest BCUT2D eigenvalue weighted by atomic mass is 10.3. The lowest BCUT2D eigenvalue weighted by Crippen LogP contribution is -2.15. The molecule has 0 radical (unpaired) electrons. The summed E-state index contributed by atoms with van der Waals surface area (Å²) in [6.45, 7) is 0.858. The van der Waals surface area contributed by atoms with Gasteiger partial charge in [0.2, 0.25) is 0 Å². The number of hydrogen-bond donors (Lipinski definition) is 2. The summed E-state index contributed by atoms with van der Waals surface area (Å²) in [7, 11) is 0. The minimum atomic E-state index is 0.715. The quantitative estimate of drug-likeness (QED) is 0.786. The fourth-order valence-corrected chi connectivity index (χ4v) is 2.05. The van der Waals surface area contributed by atoms with Gasteiger partial charge < -0.3 is 10.3 Å². The van der Waals surface area contributed by atoms with Gasteiger partial charge in [-0.1, -0.05) is 0 Å². The van der Waals surface area contributed by atoms with Crippen LogP contribution in [0.15, 0.2) is 35.1 Å². The fourth-order valence-electron chi connectivity index (χ4n) is 1.43. The highest BCUT2D eigenvalue weighted by atomic mass is 32.2. The molecule has 88 valence electrons. The van der Waals surface area contributed by atoms with E-state index in [1.54, 1.807) is 12.4 Å². The predicted octanol–water partition coefficient (Wildman–Crippen LogP) is 1.60. The molecule has 2 aromatic heterocycles. The van der Waals surface area contributed by atoms with E-state index in [1.807, 2.05) is 12.4 Å². The Morgan fingerprint density at radius 2 is 2.12 bits per heavy atom. The molecular weight excluding hydrogens is 234 g/mol. The van der Waals surface area contributed by atoms with Crippen molar-refractivity contribution in [3.05, 3.63) is 30.4 Å². The van der Waals surface area contributed by atoms with Crippen molar-refractivity contribution in [2.24, 2.45) is 0 Å². The van der Waals surface area contributed by atoms with Crippen LogP contribution in [0.5, 0.6) is 0 Å². The van der Waals surface area contributed by atoms with Crippen molar-refractivity contribution >= 4 is 11.8 Å². The third-order valence-corrected chi connectivity index (χ3v) is 3.32. The van der Waals surface area contributed by atoms with E-state index in [0.717, 1.165) is 22.4 Å². The second-order valence-electron chi connectivity index (χ2n) is 4.03. The van der Waals surface area contributed by atoms with Crippen LogP contribution < -0.4 is 5.32 Å². The monoisotopic (exact) mass is 247 g/mol. The number of rotatable bonds is 5. The normalized spacial score (nSPS) is 15.1. The van der Waals surface area contributed by atoms with Crippen molar-refractivity contribution < 1.29 is 0 Å². The molecule has 1 fully saturated rings. The molecule has 6 heteroatoms. The highest BCUT2D eigenvalue weighted by molar-refractivity contribution is 7.99. The van der Waals surface area contributed by atoms with Crippen molar-refractivity contribution in [1.82, 2.24) is 25.3 Å². The van der Waals surface area contributed by atoms with E-state index in [9.17, 15) is 0 Å². The van der Waals surface area contributed by atoms with Gasteiger partial charge >= 0.3 is 0 Å². The second-order valence-corrected chi connectivity index (χ2v) is 4.98. The Bertz CT molecular complexity index is 463. The Morgan fingerprint density at radius 1 is 1.29 bits per heavy atom. The zero-order valence-corrected chi connectivity index (χ0v) is 10.1. The minimum Gasteiger partial charge on any atom is -0.339 e. The summed E-state index contributed by atoms with van der Waals surface area (Å²) in [4.78, 5) is 15.7. The molecule has 0 atom stereocenters. The van der Waals surface area contributed by atoms with Crippen molar-refractivity contribution in [2.45, 2.75) is 35.7 Å². The summed E-state index contributed by atoms with van der Waals surface area (Å²) >= 11 is 1.43. The van der Waals surface area contributed by atoms with Gasteiger partial charge in [0, 0.05) is 42.9 Å². The summed E-state index contributed by atoms with van der Waals surface area (Å²) in [5, 5.41) is 4.96. The molecule has 0 aromatic carbocycles. The zero-order valence-electron chi connectivity index (χ0n) is 9.26. The van der Waals surface area contributed by atoms with Crippen molar-refractivity contribution in [1.29, 1.82) is 0 Å². The molecule has 2 heterocycles. The topological polar surface area (TPSA) is 66.5 Å². The first kappa shape index (κ1) is 10.7. The van der Waals surface area contributed by atoms with Crippen LogP contribution in [-0.2, 0) is 6.54 Å². The van der Waals surface area contributed by atoms with E-state index in [1.165, 1.54) is 24.6 Å². The summed E-state index contributed by atoms with van der Waals surface area (Å²) in [5.41, 5.74) is 1.13. The van der Waals surface area contributed by atoms with E-state index in [4.69, 9.17) is 0 Å². The van der Waals surface area contributed by atoms with Gasteiger partial charge in [0.15, 0.2) is 10.3 Å². The highest BCUT2D eigenvalue weighted by Gasteiger charge is 2.19. The third-order valence-electron chi connectivity index (χ3n) is 2.51. The van der Waals surface area contributed by atoms with Crippen LogP contribution in [0.2, 0.25) is 0 Å². The first-order chi connectivity index (χ1) is 8.40. The fraction of sp³-hybridized carbons (Fsp3) is 0.364. The standard InChI is InChI=1S/C11H13N5S/c1-2-9(1)14-5-8-6-15-11(16-7-8)17-10-12-3-4-13-10/h3-4,6-7,9,14H,1-2,5H2,(H,12,13). The lowest BCUT2D eigenvalue weighted by Gasteiger charge is -2.02. The summed E-state index contributed by atoms with van der Waals surface area (Å²) in [6.07, 6.45) is 9.84. The van der Waals surface area contributed by atoms with Crippen LogP contribution in [0.1, 0.15) is 18.4 Å². The molecule has 0 spiro atoms. The van der Waals surface area contributed by atoms with Gasteiger partial charge in [0.1, 0.15) is 0 Å². The van der Waals surface area contributed by atoms with Crippen molar-refractivity contribution in [3.63, 3.8) is 0 Å². The van der Waals surface area contributed by atoms with Gasteiger partial charge in [0.25, 0.3) is 0 Å². The molecule has 5 nitrogen and oxygen atoms in total. The van der Waals surface area contributed by atoms with Crippen molar-refractivity contribution in [3.8, 4) is 0 Å². The number of aromatic nitrogens is 4. The maximum absolute atomic E-state index is 4.30. The van der Waals surface area contributed by atoms with Gasteiger partial charge in [-0.25, -0.2) is 15.0 Å². The molecule has 1 saturated carbocycles. The molecule has 2 aromatic rings. The Morgan fingerprint density at radius 3 is 2.76 bits per heavy atom. The second kappa shape index (κ2) is 4.85. The van der Waals surface area contributed by atoms with Crippen LogP contribution in [0.25, 0.3) is 0 Å². The van der Waals surface area contributed by atoms with Crippen LogP contribution in [0, 0.1) is 0 Å². The molecule has 0 unspecified atom stereocenters. The number of H-pyrrole nitrogens is 1. The predicted molar refractivity (Wildman–Crippen MR) is 64.6 cm³/mol. The molecule has 0 amide bonds. The smallest absolute Gasteiger partial charge is 0.195 e. The third kappa shape index (κ3) is 3.04. The van der Waals surface area contributed by atoms with E-state index in [0.29, 0.717) is 6.04 Å². The lowest BCUT2D eigenvalue weighted by molar-refractivity contribution is 0.680. The van der Waals surface area contributed by atoms with Gasteiger partial charge in [0.05, 0.1) is 0 Å². The van der Waals surface area contributed by atoms with Gasteiger partial charge in [-0.05, 0) is 24.6 Å². The molecule has 17 heavy (non-hydrogen) atoms. The molecule has 3 rings (SSSR count). The Labute approximate surface area is 103 Å². The van der Waals surface area contributed by atoms with Gasteiger partial charge in [-0.15, -0.1) is 0 Å². The van der Waals surface area contributed by atoms with E-state index in [-0.39, 0.29) is 0 Å². The first-order valence-corrected chi connectivity index (χ1v) is 6.43. The molecule has 0 saturated heterocycles. The van der Waals surface area contributed by atoms with Crippen LogP contribution in [-0.4, -0.2) is 26.0 Å². The molecule has 0 bridgehead atoms. The van der Waals surface area contributed by atoms with Gasteiger partial charge in [-0.3, -0.25) is 0 Å². The van der Waals surface area contributed by atoms with Crippen LogP contribution in [0.4, 0.5) is 0 Å². The molecular formula is C11H13N5S. The molecule has 0 aliphatic heterocycles. The molecule has 2 N–H and O–H groups in total. The molecule has 1 aliphatic rings. The van der Waals surface area contributed by atoms with Crippen LogP contribution >= 0.6 is 11.8 Å². The first-order valence-electron chi connectivity index (χ1n) is 5.62. The van der Waals surface area contributed by atoms with Crippen molar-refractivity contribution in [2.75, 3.05) is 0 Å². The maximum atomic E-state index is 4.30. The van der Waals surface area contributed by atoms with E-state index in [2.05, 4.69) is 25.3 Å². The molecule has 1 aliphatic carbocycles. The zero-order chi connectivity index (χ0) is 11.5. The van der Waals surface area contributed by atoms with Gasteiger partial charge in [-0.2, -0.15) is 0 Å². The van der Waals surface area contributed by atoms with Crippen LogP contribution in [0.3, 0.4) is 0 Å². The number of hydrogen-bond acceptors (Lipinski definition) is 5.